The molecule has 0 aliphatic heterocycles. The molecule has 1 atom stereocenters. The molecule has 4 nitrogen and oxygen atoms in total. The molecule has 2 fully saturated rings. The van der Waals surface area contributed by atoms with Gasteiger partial charge >= 0.3 is 0 Å². The SMILES string of the molecule is O=c1cc(N[C@@H](C2CC2)C(F)(F)CO)c2cc(Br)c(F)cc2n1CC1CC(F)(F)C1. The highest BCUT2D eigenvalue weighted by molar-refractivity contribution is 9.10. The summed E-state index contributed by atoms with van der Waals surface area (Å²) in [5.74, 6) is -7.61. The van der Waals surface area contributed by atoms with Crippen molar-refractivity contribution in [3.63, 3.8) is 0 Å². The maximum absolute atomic E-state index is 14.3. The molecule has 2 aromatic rings. The summed E-state index contributed by atoms with van der Waals surface area (Å²) in [5, 5.41) is 12.1. The van der Waals surface area contributed by atoms with Crippen LogP contribution in [0.5, 0.6) is 0 Å². The largest absolute Gasteiger partial charge is 0.390 e. The van der Waals surface area contributed by atoms with Crippen molar-refractivity contribution in [2.45, 2.75) is 50.1 Å². The van der Waals surface area contributed by atoms with Gasteiger partial charge in [-0.3, -0.25) is 4.79 Å². The normalized spacial score (nSPS) is 20.2. The number of rotatable bonds is 7. The first-order chi connectivity index (χ1) is 14.0. The van der Waals surface area contributed by atoms with Gasteiger partial charge in [0.2, 0.25) is 5.92 Å². The van der Waals surface area contributed by atoms with E-state index in [1.54, 1.807) is 0 Å². The smallest absolute Gasteiger partial charge is 0.290 e. The minimum absolute atomic E-state index is 0.00880. The molecule has 1 aromatic heterocycles. The molecule has 2 N–H and O–H groups in total. The molecular formula is C20H20BrF5N2O2. The topological polar surface area (TPSA) is 54.3 Å². The van der Waals surface area contributed by atoms with Crippen LogP contribution in [0.4, 0.5) is 27.6 Å². The van der Waals surface area contributed by atoms with E-state index in [2.05, 4.69) is 21.2 Å². The van der Waals surface area contributed by atoms with Gasteiger partial charge in [-0.25, -0.2) is 22.0 Å². The second kappa shape index (κ2) is 7.47. The van der Waals surface area contributed by atoms with Crippen molar-refractivity contribution < 1.29 is 27.1 Å². The lowest BCUT2D eigenvalue weighted by atomic mass is 9.81. The molecule has 0 bridgehead atoms. The van der Waals surface area contributed by atoms with Gasteiger partial charge in [0.05, 0.1) is 16.0 Å². The lowest BCUT2D eigenvalue weighted by molar-refractivity contribution is -0.114. The number of benzene rings is 1. The fraction of sp³-hybridized carbons (Fsp3) is 0.550. The fourth-order valence-corrected chi connectivity index (χ4v) is 4.46. The van der Waals surface area contributed by atoms with Crippen LogP contribution in [0.25, 0.3) is 10.9 Å². The molecule has 2 aliphatic carbocycles. The number of hydrogen-bond donors (Lipinski definition) is 2. The molecule has 0 spiro atoms. The predicted octanol–water partition coefficient (Wildman–Crippen LogP) is 4.77. The summed E-state index contributed by atoms with van der Waals surface area (Å²) in [7, 11) is 0. The molecule has 1 heterocycles. The van der Waals surface area contributed by atoms with Gasteiger partial charge in [-0.2, -0.15) is 0 Å². The van der Waals surface area contributed by atoms with E-state index in [4.69, 9.17) is 5.11 Å². The Morgan fingerprint density at radius 1 is 1.27 bits per heavy atom. The average Bonchev–Trinajstić information content (AvgIpc) is 3.47. The molecule has 4 rings (SSSR count). The minimum Gasteiger partial charge on any atom is -0.390 e. The number of halogens is 6. The molecule has 1 aromatic carbocycles. The first-order valence-corrected chi connectivity index (χ1v) is 10.5. The number of anilines is 1. The van der Waals surface area contributed by atoms with Crippen LogP contribution < -0.4 is 10.9 Å². The maximum atomic E-state index is 14.3. The number of alkyl halides is 4. The summed E-state index contributed by atoms with van der Waals surface area (Å²) in [6.07, 6.45) is 0.422. The van der Waals surface area contributed by atoms with E-state index >= 15 is 0 Å². The third-order valence-electron chi connectivity index (χ3n) is 5.84. The van der Waals surface area contributed by atoms with Crippen molar-refractivity contribution in [3.05, 3.63) is 38.8 Å². The predicted molar refractivity (Wildman–Crippen MR) is 106 cm³/mol. The summed E-state index contributed by atoms with van der Waals surface area (Å²) >= 11 is 3.07. The molecule has 2 saturated carbocycles. The Morgan fingerprint density at radius 3 is 2.50 bits per heavy atom. The summed E-state index contributed by atoms with van der Waals surface area (Å²) in [6, 6.07) is 2.22. The van der Waals surface area contributed by atoms with E-state index in [-0.39, 0.29) is 41.0 Å². The van der Waals surface area contributed by atoms with Crippen LogP contribution in [-0.4, -0.2) is 34.2 Å². The Bertz CT molecular complexity index is 1030. The van der Waals surface area contributed by atoms with Gasteiger partial charge in [-0.1, -0.05) is 0 Å². The Morgan fingerprint density at radius 2 is 1.93 bits per heavy atom. The summed E-state index contributed by atoms with van der Waals surface area (Å²) < 4.78 is 70.5. The van der Waals surface area contributed by atoms with Crippen molar-refractivity contribution in [1.82, 2.24) is 4.57 Å². The zero-order valence-corrected chi connectivity index (χ0v) is 17.4. The number of pyridine rings is 1. The van der Waals surface area contributed by atoms with Crippen LogP contribution in [0, 0.1) is 17.7 Å². The highest BCUT2D eigenvalue weighted by atomic mass is 79.9. The second-order valence-electron chi connectivity index (χ2n) is 8.30. The second-order valence-corrected chi connectivity index (χ2v) is 9.15. The van der Waals surface area contributed by atoms with Crippen molar-refractivity contribution in [2.24, 2.45) is 11.8 Å². The van der Waals surface area contributed by atoms with Gasteiger partial charge in [0.15, 0.2) is 0 Å². The van der Waals surface area contributed by atoms with Gasteiger partial charge in [-0.15, -0.1) is 0 Å². The number of hydrogen-bond acceptors (Lipinski definition) is 3. The molecule has 2 aliphatic rings. The van der Waals surface area contributed by atoms with Gasteiger partial charge in [0.25, 0.3) is 11.5 Å². The van der Waals surface area contributed by atoms with Crippen LogP contribution in [0.3, 0.4) is 0 Å². The van der Waals surface area contributed by atoms with Gasteiger partial charge < -0.3 is 15.0 Å². The molecule has 10 heteroatoms. The Labute approximate surface area is 177 Å². The molecule has 0 amide bonds. The third-order valence-corrected chi connectivity index (χ3v) is 6.45. The van der Waals surface area contributed by atoms with Gasteiger partial charge in [0.1, 0.15) is 12.4 Å². The number of aliphatic hydroxyl groups is 1. The quantitative estimate of drug-likeness (QED) is 0.545. The zero-order valence-electron chi connectivity index (χ0n) is 15.8. The number of aromatic nitrogens is 1. The highest BCUT2D eigenvalue weighted by Gasteiger charge is 2.48. The zero-order chi connectivity index (χ0) is 21.8. The first kappa shape index (κ1) is 21.5. The first-order valence-electron chi connectivity index (χ1n) is 9.66. The minimum atomic E-state index is -3.41. The van der Waals surface area contributed by atoms with Crippen molar-refractivity contribution in [3.8, 4) is 0 Å². The van der Waals surface area contributed by atoms with E-state index in [1.807, 2.05) is 0 Å². The maximum Gasteiger partial charge on any atom is 0.290 e. The molecule has 0 radical (unpaired) electrons. The van der Waals surface area contributed by atoms with E-state index < -0.39 is 41.8 Å². The van der Waals surface area contributed by atoms with Crippen molar-refractivity contribution >= 4 is 32.5 Å². The van der Waals surface area contributed by atoms with Crippen LogP contribution in [0.1, 0.15) is 25.7 Å². The molecule has 164 valence electrons. The van der Waals surface area contributed by atoms with Gasteiger partial charge in [0, 0.05) is 36.5 Å². The van der Waals surface area contributed by atoms with E-state index in [9.17, 15) is 26.7 Å². The Kier molecular flexibility index (Phi) is 5.37. The summed E-state index contributed by atoms with van der Waals surface area (Å²) in [4.78, 5) is 12.7. The average molecular weight is 495 g/mol. The van der Waals surface area contributed by atoms with E-state index in [0.29, 0.717) is 18.2 Å². The van der Waals surface area contributed by atoms with E-state index in [1.165, 1.54) is 10.6 Å². The number of aliphatic hydroxyl groups excluding tert-OH is 1. The summed E-state index contributed by atoms with van der Waals surface area (Å²) in [6.45, 7) is -1.35. The molecule has 30 heavy (non-hydrogen) atoms. The molecular weight excluding hydrogens is 475 g/mol. The fourth-order valence-electron chi connectivity index (χ4n) is 4.12. The van der Waals surface area contributed by atoms with E-state index in [0.717, 1.165) is 12.1 Å². The Balaban J connectivity index is 1.76. The van der Waals surface area contributed by atoms with Crippen LogP contribution in [0.15, 0.2) is 27.5 Å². The van der Waals surface area contributed by atoms with Crippen molar-refractivity contribution in [1.29, 1.82) is 0 Å². The summed E-state index contributed by atoms with van der Waals surface area (Å²) in [5.41, 5.74) is -0.359. The van der Waals surface area contributed by atoms with Gasteiger partial charge in [-0.05, 0) is 52.7 Å². The molecule has 0 unspecified atom stereocenters. The Hall–Kier alpha value is -1.68. The third kappa shape index (κ3) is 4.08. The van der Waals surface area contributed by atoms with Crippen LogP contribution >= 0.6 is 15.9 Å². The lowest BCUT2D eigenvalue weighted by Gasteiger charge is -2.35. The number of fused-ring (bicyclic) bond motifs is 1. The van der Waals surface area contributed by atoms with Crippen LogP contribution in [-0.2, 0) is 6.54 Å². The van der Waals surface area contributed by atoms with Crippen LogP contribution in [0.2, 0.25) is 0 Å². The van der Waals surface area contributed by atoms with Crippen molar-refractivity contribution in [2.75, 3.05) is 11.9 Å². The lowest BCUT2D eigenvalue weighted by Crippen LogP contribution is -2.44. The highest BCUT2D eigenvalue weighted by Crippen LogP contribution is 2.44. The number of nitrogens with zero attached hydrogens (tertiary/aromatic N) is 1. The monoisotopic (exact) mass is 494 g/mol. The molecule has 0 saturated heterocycles. The standard InChI is InChI=1S/C20H20BrF5N2O2/c21-13-3-12-15(27-18(11-1-2-11)20(25,26)9-29)5-17(30)28(16(12)4-14(13)22)8-10-6-19(23,24)7-10/h3-5,10-11,18,27,29H,1-2,6-9H2/t18-/m0/s1. The number of nitrogens with one attached hydrogen (secondary N) is 1.